The van der Waals surface area contributed by atoms with E-state index in [9.17, 15) is 4.79 Å². The zero-order chi connectivity index (χ0) is 17.3. The van der Waals surface area contributed by atoms with E-state index in [1.807, 2.05) is 45.9 Å². The fourth-order valence-corrected chi connectivity index (χ4v) is 3.20. The highest BCUT2D eigenvalue weighted by atomic mass is 32.2. The number of rotatable bonds is 4. The van der Waals surface area contributed by atoms with Gasteiger partial charge in [0.2, 0.25) is 11.1 Å². The fraction of sp³-hybridized carbons (Fsp3) is 0.294. The van der Waals surface area contributed by atoms with E-state index in [-0.39, 0.29) is 11.7 Å². The third-order valence-electron chi connectivity index (χ3n) is 3.44. The number of amides is 1. The van der Waals surface area contributed by atoms with Crippen molar-refractivity contribution in [3.63, 3.8) is 0 Å². The van der Waals surface area contributed by atoms with Crippen LogP contribution in [0.15, 0.2) is 29.4 Å². The molecule has 2 aromatic heterocycles. The van der Waals surface area contributed by atoms with Gasteiger partial charge in [-0.25, -0.2) is 9.50 Å². The Morgan fingerprint density at radius 3 is 2.50 bits per heavy atom. The third kappa shape index (κ3) is 3.73. The quantitative estimate of drug-likeness (QED) is 0.738. The Labute approximate surface area is 144 Å². The Kier molecular flexibility index (Phi) is 4.53. The molecular formula is C17H19N5OS. The van der Waals surface area contributed by atoms with Crippen molar-refractivity contribution in [1.29, 1.82) is 0 Å². The molecule has 0 aliphatic heterocycles. The molecule has 2 heterocycles. The number of hydrogen-bond acceptors (Lipinski definition) is 5. The van der Waals surface area contributed by atoms with Crippen LogP contribution in [-0.2, 0) is 4.79 Å². The fourth-order valence-electron chi connectivity index (χ4n) is 2.58. The molecule has 6 nitrogen and oxygen atoms in total. The van der Waals surface area contributed by atoms with Gasteiger partial charge in [0.05, 0.1) is 5.75 Å². The van der Waals surface area contributed by atoms with Gasteiger partial charge in [-0.05, 0) is 57.0 Å². The van der Waals surface area contributed by atoms with Crippen molar-refractivity contribution in [2.75, 3.05) is 11.1 Å². The molecule has 0 saturated heterocycles. The normalized spacial score (nSPS) is 11.0. The number of benzene rings is 1. The van der Waals surface area contributed by atoms with E-state index in [0.29, 0.717) is 10.9 Å². The van der Waals surface area contributed by atoms with E-state index in [0.717, 1.165) is 28.2 Å². The van der Waals surface area contributed by atoms with Crippen molar-refractivity contribution in [3.05, 3.63) is 46.8 Å². The predicted molar refractivity (Wildman–Crippen MR) is 95.5 cm³/mol. The average Bonchev–Trinajstić information content (AvgIpc) is 2.87. The second-order valence-electron chi connectivity index (χ2n) is 5.86. The molecule has 7 heteroatoms. The van der Waals surface area contributed by atoms with Gasteiger partial charge >= 0.3 is 0 Å². The summed E-state index contributed by atoms with van der Waals surface area (Å²) in [5.74, 6) is 0.733. The van der Waals surface area contributed by atoms with Crippen molar-refractivity contribution >= 4 is 29.1 Å². The maximum Gasteiger partial charge on any atom is 0.253 e. The summed E-state index contributed by atoms with van der Waals surface area (Å²) in [7, 11) is 0. The van der Waals surface area contributed by atoms with E-state index in [4.69, 9.17) is 0 Å². The zero-order valence-electron chi connectivity index (χ0n) is 14.1. The number of aromatic nitrogens is 4. The molecule has 0 bridgehead atoms. The summed E-state index contributed by atoms with van der Waals surface area (Å²) >= 11 is 1.30. The molecule has 0 aliphatic rings. The Balaban J connectivity index is 1.67. The first-order chi connectivity index (χ1) is 11.4. The van der Waals surface area contributed by atoms with Crippen LogP contribution < -0.4 is 5.32 Å². The van der Waals surface area contributed by atoms with Gasteiger partial charge in [0.25, 0.3) is 5.78 Å². The number of aryl methyl sites for hydroxylation is 4. The maximum absolute atomic E-state index is 12.1. The molecule has 0 fully saturated rings. The van der Waals surface area contributed by atoms with Gasteiger partial charge in [-0.2, -0.15) is 4.98 Å². The molecule has 1 aromatic carbocycles. The van der Waals surface area contributed by atoms with Crippen LogP contribution in [0.5, 0.6) is 0 Å². The molecule has 0 saturated carbocycles. The van der Waals surface area contributed by atoms with E-state index < -0.39 is 0 Å². The van der Waals surface area contributed by atoms with E-state index >= 15 is 0 Å². The second kappa shape index (κ2) is 6.60. The summed E-state index contributed by atoms with van der Waals surface area (Å²) in [6.07, 6.45) is 0. The number of carbonyl (C=O) groups is 1. The minimum atomic E-state index is -0.0790. The molecule has 1 N–H and O–H groups in total. The molecule has 124 valence electrons. The largest absolute Gasteiger partial charge is 0.325 e. The van der Waals surface area contributed by atoms with E-state index in [2.05, 4.69) is 26.4 Å². The summed E-state index contributed by atoms with van der Waals surface area (Å²) in [5.41, 5.74) is 4.93. The average molecular weight is 341 g/mol. The van der Waals surface area contributed by atoms with Gasteiger partial charge in [-0.1, -0.05) is 17.8 Å². The number of fused-ring (bicyclic) bond motifs is 1. The summed E-state index contributed by atoms with van der Waals surface area (Å²) in [6.45, 7) is 7.90. The Morgan fingerprint density at radius 1 is 1.08 bits per heavy atom. The highest BCUT2D eigenvalue weighted by Gasteiger charge is 2.11. The number of hydrogen-bond donors (Lipinski definition) is 1. The number of nitrogens with zero attached hydrogens (tertiary/aromatic N) is 4. The molecule has 0 aliphatic carbocycles. The first kappa shape index (κ1) is 16.4. The summed E-state index contributed by atoms with van der Waals surface area (Å²) < 4.78 is 1.69. The Bertz CT molecular complexity index is 898. The van der Waals surface area contributed by atoms with Crippen molar-refractivity contribution < 1.29 is 4.79 Å². The minimum absolute atomic E-state index is 0.0790. The standard InChI is InChI=1S/C17H19N5OS/c1-10-5-11(2)7-14(6-10)19-15(23)9-24-17-20-16-18-12(3)8-13(4)22(16)21-17/h5-8H,9H2,1-4H3,(H,19,23). The molecule has 3 aromatic rings. The molecule has 3 rings (SSSR count). The topological polar surface area (TPSA) is 72.2 Å². The van der Waals surface area contributed by atoms with Gasteiger partial charge < -0.3 is 5.32 Å². The molecule has 0 radical (unpaired) electrons. The van der Waals surface area contributed by atoms with Crippen molar-refractivity contribution in [2.45, 2.75) is 32.9 Å². The van der Waals surface area contributed by atoms with E-state index in [1.165, 1.54) is 11.8 Å². The van der Waals surface area contributed by atoms with Crippen LogP contribution in [0.4, 0.5) is 5.69 Å². The van der Waals surface area contributed by atoms with Crippen LogP contribution in [-0.4, -0.2) is 31.2 Å². The van der Waals surface area contributed by atoms with Crippen LogP contribution in [0.1, 0.15) is 22.5 Å². The van der Waals surface area contributed by atoms with Crippen molar-refractivity contribution in [2.24, 2.45) is 0 Å². The highest BCUT2D eigenvalue weighted by molar-refractivity contribution is 7.99. The molecule has 24 heavy (non-hydrogen) atoms. The highest BCUT2D eigenvalue weighted by Crippen LogP contribution is 2.17. The lowest BCUT2D eigenvalue weighted by molar-refractivity contribution is -0.113. The van der Waals surface area contributed by atoms with Crippen LogP contribution in [0.2, 0.25) is 0 Å². The number of carbonyl (C=O) groups excluding carboxylic acids is 1. The zero-order valence-corrected chi connectivity index (χ0v) is 14.9. The number of anilines is 1. The molecule has 0 atom stereocenters. The minimum Gasteiger partial charge on any atom is -0.325 e. The van der Waals surface area contributed by atoms with Crippen LogP contribution in [0.25, 0.3) is 5.78 Å². The van der Waals surface area contributed by atoms with Crippen LogP contribution >= 0.6 is 11.8 Å². The second-order valence-corrected chi connectivity index (χ2v) is 6.80. The van der Waals surface area contributed by atoms with Crippen molar-refractivity contribution in [3.8, 4) is 0 Å². The van der Waals surface area contributed by atoms with E-state index in [1.54, 1.807) is 4.52 Å². The maximum atomic E-state index is 12.1. The predicted octanol–water partition coefficient (Wildman–Crippen LogP) is 3.09. The summed E-state index contributed by atoms with van der Waals surface area (Å²) in [5, 5.41) is 7.84. The Morgan fingerprint density at radius 2 is 1.79 bits per heavy atom. The van der Waals surface area contributed by atoms with Crippen LogP contribution in [0.3, 0.4) is 0 Å². The third-order valence-corrected chi connectivity index (χ3v) is 4.27. The lowest BCUT2D eigenvalue weighted by Gasteiger charge is -2.06. The molecule has 0 unspecified atom stereocenters. The van der Waals surface area contributed by atoms with Gasteiger partial charge in [0.15, 0.2) is 0 Å². The summed E-state index contributed by atoms with van der Waals surface area (Å²) in [6, 6.07) is 7.93. The number of thioether (sulfide) groups is 1. The lowest BCUT2D eigenvalue weighted by Crippen LogP contribution is -2.14. The SMILES string of the molecule is Cc1cc(C)cc(NC(=O)CSc2nc3nc(C)cc(C)n3n2)c1. The molecular weight excluding hydrogens is 322 g/mol. The van der Waals surface area contributed by atoms with Crippen LogP contribution in [0, 0.1) is 27.7 Å². The lowest BCUT2D eigenvalue weighted by atomic mass is 10.1. The monoisotopic (exact) mass is 341 g/mol. The number of nitrogens with one attached hydrogen (secondary N) is 1. The Hall–Kier alpha value is -2.41. The van der Waals surface area contributed by atoms with Crippen molar-refractivity contribution in [1.82, 2.24) is 19.6 Å². The first-order valence-corrected chi connectivity index (χ1v) is 8.61. The first-order valence-electron chi connectivity index (χ1n) is 7.63. The van der Waals surface area contributed by atoms with Gasteiger partial charge in [-0.3, -0.25) is 4.79 Å². The summed E-state index contributed by atoms with van der Waals surface area (Å²) in [4.78, 5) is 20.8. The molecule has 0 spiro atoms. The van der Waals surface area contributed by atoms with Gasteiger partial charge in [-0.15, -0.1) is 5.10 Å². The molecule has 1 amide bonds. The van der Waals surface area contributed by atoms with Gasteiger partial charge in [0.1, 0.15) is 0 Å². The smallest absolute Gasteiger partial charge is 0.253 e. The van der Waals surface area contributed by atoms with Gasteiger partial charge in [0, 0.05) is 17.1 Å².